The Morgan fingerprint density at radius 2 is 1.95 bits per heavy atom. The molecular weight excluding hydrogens is 272 g/mol. The van der Waals surface area contributed by atoms with E-state index in [1.165, 1.54) is 7.11 Å². The van der Waals surface area contributed by atoms with E-state index in [-0.39, 0.29) is 12.3 Å². The zero-order valence-corrected chi connectivity index (χ0v) is 12.3. The van der Waals surface area contributed by atoms with Crippen molar-refractivity contribution in [3.8, 4) is 11.5 Å². The van der Waals surface area contributed by atoms with Crippen LogP contribution in [0.1, 0.15) is 12.0 Å². The molecule has 116 valence electrons. The Labute approximate surface area is 124 Å². The molecule has 6 nitrogen and oxygen atoms in total. The summed E-state index contributed by atoms with van der Waals surface area (Å²) in [6, 6.07) is 5.48. The molecule has 0 radical (unpaired) electrons. The highest BCUT2D eigenvalue weighted by Gasteiger charge is 2.18. The zero-order valence-electron chi connectivity index (χ0n) is 12.3. The van der Waals surface area contributed by atoms with Crippen LogP contribution in [0.15, 0.2) is 18.2 Å². The van der Waals surface area contributed by atoms with Crippen LogP contribution >= 0.6 is 0 Å². The SMILES string of the molecule is COc1cccc(CN2CCCN(CC(=O)O)CC2)c1O. The maximum atomic E-state index is 10.8. The second-order valence-corrected chi connectivity index (χ2v) is 5.27. The fourth-order valence-corrected chi connectivity index (χ4v) is 2.63. The van der Waals surface area contributed by atoms with Gasteiger partial charge in [-0.3, -0.25) is 14.6 Å². The van der Waals surface area contributed by atoms with Gasteiger partial charge in [0.25, 0.3) is 0 Å². The molecule has 0 atom stereocenters. The summed E-state index contributed by atoms with van der Waals surface area (Å²) >= 11 is 0. The lowest BCUT2D eigenvalue weighted by Gasteiger charge is -2.21. The minimum Gasteiger partial charge on any atom is -0.504 e. The van der Waals surface area contributed by atoms with E-state index in [1.54, 1.807) is 6.07 Å². The highest BCUT2D eigenvalue weighted by molar-refractivity contribution is 5.69. The zero-order chi connectivity index (χ0) is 15.2. The van der Waals surface area contributed by atoms with Gasteiger partial charge in [-0.2, -0.15) is 0 Å². The fourth-order valence-electron chi connectivity index (χ4n) is 2.63. The normalized spacial score (nSPS) is 17.4. The average Bonchev–Trinajstić information content (AvgIpc) is 2.66. The number of hydrogen-bond acceptors (Lipinski definition) is 5. The third kappa shape index (κ3) is 4.34. The molecule has 0 aliphatic carbocycles. The van der Waals surface area contributed by atoms with Gasteiger partial charge in [-0.25, -0.2) is 0 Å². The van der Waals surface area contributed by atoms with E-state index >= 15 is 0 Å². The number of para-hydroxylation sites is 1. The van der Waals surface area contributed by atoms with Crippen molar-refractivity contribution in [1.82, 2.24) is 9.80 Å². The quantitative estimate of drug-likeness (QED) is 0.844. The first-order valence-electron chi connectivity index (χ1n) is 7.11. The largest absolute Gasteiger partial charge is 0.504 e. The van der Waals surface area contributed by atoms with E-state index < -0.39 is 5.97 Å². The van der Waals surface area contributed by atoms with Gasteiger partial charge in [-0.15, -0.1) is 0 Å². The maximum Gasteiger partial charge on any atom is 0.317 e. The number of carboxylic acids is 1. The van der Waals surface area contributed by atoms with E-state index in [0.717, 1.165) is 38.2 Å². The molecule has 1 heterocycles. The Bertz CT molecular complexity index is 493. The number of rotatable bonds is 5. The Balaban J connectivity index is 1.96. The van der Waals surface area contributed by atoms with Crippen LogP contribution in [0.25, 0.3) is 0 Å². The van der Waals surface area contributed by atoms with E-state index in [4.69, 9.17) is 9.84 Å². The minimum absolute atomic E-state index is 0.0955. The molecule has 2 N–H and O–H groups in total. The Morgan fingerprint density at radius 3 is 2.67 bits per heavy atom. The van der Waals surface area contributed by atoms with Crippen molar-refractivity contribution in [3.05, 3.63) is 23.8 Å². The predicted octanol–water partition coefficient (Wildman–Crippen LogP) is 0.993. The van der Waals surface area contributed by atoms with Crippen LogP contribution in [0.2, 0.25) is 0 Å². The molecule has 1 aromatic carbocycles. The molecule has 0 saturated carbocycles. The van der Waals surface area contributed by atoms with Crippen molar-refractivity contribution in [2.24, 2.45) is 0 Å². The van der Waals surface area contributed by atoms with Gasteiger partial charge in [0.15, 0.2) is 11.5 Å². The van der Waals surface area contributed by atoms with Gasteiger partial charge in [0.1, 0.15) is 0 Å². The molecule has 1 aromatic rings. The van der Waals surface area contributed by atoms with Gasteiger partial charge < -0.3 is 14.9 Å². The first-order chi connectivity index (χ1) is 10.1. The number of carbonyl (C=O) groups is 1. The minimum atomic E-state index is -0.783. The van der Waals surface area contributed by atoms with Crippen LogP contribution in [0, 0.1) is 0 Å². The van der Waals surface area contributed by atoms with Gasteiger partial charge in [0.2, 0.25) is 0 Å². The lowest BCUT2D eigenvalue weighted by atomic mass is 10.1. The number of methoxy groups -OCH3 is 1. The second kappa shape index (κ2) is 7.28. The molecule has 0 bridgehead atoms. The van der Waals surface area contributed by atoms with Crippen LogP contribution in [-0.2, 0) is 11.3 Å². The first-order valence-corrected chi connectivity index (χ1v) is 7.11. The highest BCUT2D eigenvalue weighted by Crippen LogP contribution is 2.30. The predicted molar refractivity (Wildman–Crippen MR) is 78.6 cm³/mol. The third-order valence-electron chi connectivity index (χ3n) is 3.74. The number of aliphatic carboxylic acids is 1. The van der Waals surface area contributed by atoms with Crippen LogP contribution in [0.4, 0.5) is 0 Å². The van der Waals surface area contributed by atoms with Crippen molar-refractivity contribution in [2.75, 3.05) is 39.8 Å². The number of aromatic hydroxyl groups is 1. The lowest BCUT2D eigenvalue weighted by molar-refractivity contribution is -0.138. The molecule has 0 aromatic heterocycles. The lowest BCUT2D eigenvalue weighted by Crippen LogP contribution is -2.34. The molecule has 1 aliphatic heterocycles. The van der Waals surface area contributed by atoms with Crippen LogP contribution in [0.3, 0.4) is 0 Å². The van der Waals surface area contributed by atoms with Crippen molar-refractivity contribution in [1.29, 1.82) is 0 Å². The van der Waals surface area contributed by atoms with Crippen molar-refractivity contribution < 1.29 is 19.7 Å². The summed E-state index contributed by atoms with van der Waals surface area (Å²) in [6.07, 6.45) is 0.929. The summed E-state index contributed by atoms with van der Waals surface area (Å²) in [5, 5.41) is 19.0. The van der Waals surface area contributed by atoms with Gasteiger partial charge >= 0.3 is 5.97 Å². The Morgan fingerprint density at radius 1 is 1.24 bits per heavy atom. The number of ether oxygens (including phenoxy) is 1. The molecule has 1 saturated heterocycles. The number of benzene rings is 1. The molecule has 0 unspecified atom stereocenters. The van der Waals surface area contributed by atoms with Gasteiger partial charge in [0.05, 0.1) is 13.7 Å². The van der Waals surface area contributed by atoms with Crippen molar-refractivity contribution in [2.45, 2.75) is 13.0 Å². The summed E-state index contributed by atoms with van der Waals surface area (Å²) in [6.45, 7) is 3.96. The van der Waals surface area contributed by atoms with Crippen LogP contribution < -0.4 is 4.74 Å². The molecule has 21 heavy (non-hydrogen) atoms. The molecule has 0 spiro atoms. The average molecular weight is 294 g/mol. The Kier molecular flexibility index (Phi) is 5.41. The summed E-state index contributed by atoms with van der Waals surface area (Å²) < 4.78 is 5.12. The highest BCUT2D eigenvalue weighted by atomic mass is 16.5. The number of phenols is 1. The molecule has 6 heteroatoms. The summed E-state index contributed by atoms with van der Waals surface area (Å²) in [5.41, 5.74) is 0.834. The summed E-state index contributed by atoms with van der Waals surface area (Å²) in [7, 11) is 1.54. The van der Waals surface area contributed by atoms with E-state index in [0.29, 0.717) is 12.3 Å². The fraction of sp³-hybridized carbons (Fsp3) is 0.533. The second-order valence-electron chi connectivity index (χ2n) is 5.27. The number of phenolic OH excluding ortho intramolecular Hbond substituents is 1. The topological polar surface area (TPSA) is 73.2 Å². The molecule has 0 amide bonds. The van der Waals surface area contributed by atoms with Gasteiger partial charge in [-0.05, 0) is 19.0 Å². The monoisotopic (exact) mass is 294 g/mol. The van der Waals surface area contributed by atoms with Gasteiger partial charge in [0, 0.05) is 31.7 Å². The molecule has 2 rings (SSSR count). The maximum absolute atomic E-state index is 10.8. The first kappa shape index (κ1) is 15.6. The number of nitrogens with zero attached hydrogens (tertiary/aromatic N) is 2. The summed E-state index contributed by atoms with van der Waals surface area (Å²) in [5.74, 6) is -0.115. The smallest absolute Gasteiger partial charge is 0.317 e. The van der Waals surface area contributed by atoms with Gasteiger partial charge in [-0.1, -0.05) is 12.1 Å². The third-order valence-corrected chi connectivity index (χ3v) is 3.74. The molecule has 1 aliphatic rings. The van der Waals surface area contributed by atoms with Crippen molar-refractivity contribution in [3.63, 3.8) is 0 Å². The number of hydrogen-bond donors (Lipinski definition) is 2. The number of carboxylic acid groups (broad SMARTS) is 1. The van der Waals surface area contributed by atoms with Crippen molar-refractivity contribution >= 4 is 5.97 Å². The van der Waals surface area contributed by atoms with E-state index in [2.05, 4.69) is 4.90 Å². The standard InChI is InChI=1S/C15H22N2O4/c1-21-13-5-2-4-12(15(13)20)10-16-6-3-7-17(9-8-16)11-14(18)19/h2,4-5,20H,3,6-11H2,1H3,(H,18,19). The summed E-state index contributed by atoms with van der Waals surface area (Å²) in [4.78, 5) is 14.9. The van der Waals surface area contributed by atoms with E-state index in [1.807, 2.05) is 17.0 Å². The van der Waals surface area contributed by atoms with Crippen LogP contribution in [0.5, 0.6) is 11.5 Å². The molecule has 1 fully saturated rings. The van der Waals surface area contributed by atoms with E-state index in [9.17, 15) is 9.90 Å². The Hall–Kier alpha value is -1.79. The molecular formula is C15H22N2O4. The van der Waals surface area contributed by atoms with Crippen LogP contribution in [-0.4, -0.2) is 65.8 Å².